The van der Waals surface area contributed by atoms with Crippen molar-refractivity contribution in [3.63, 3.8) is 0 Å². The van der Waals surface area contributed by atoms with Crippen LogP contribution < -0.4 is 5.73 Å². The number of benzene rings is 2. The lowest BCUT2D eigenvalue weighted by molar-refractivity contribution is -0.384. The molecular weight excluding hydrogens is 387 g/mol. The molecule has 134 valence electrons. The zero-order valence-corrected chi connectivity index (χ0v) is 15.5. The van der Waals surface area contributed by atoms with Crippen molar-refractivity contribution in [2.45, 2.75) is 6.92 Å². The highest BCUT2D eigenvalue weighted by molar-refractivity contribution is 6.32. The van der Waals surface area contributed by atoms with Gasteiger partial charge in [0.1, 0.15) is 22.5 Å². The topological polar surface area (TPSA) is 106 Å². The molecule has 2 aromatic carbocycles. The maximum absolute atomic E-state index is 11.2. The summed E-state index contributed by atoms with van der Waals surface area (Å²) in [4.78, 5) is 15.0. The second-order valence-electron chi connectivity index (χ2n) is 5.76. The average molecular weight is 399 g/mol. The lowest BCUT2D eigenvalue weighted by atomic mass is 9.92. The fraction of sp³-hybridized carbons (Fsp3) is 0.0526. The Morgan fingerprint density at radius 2 is 1.78 bits per heavy atom. The number of hydrogen-bond donors (Lipinski definition) is 1. The first-order valence-electron chi connectivity index (χ1n) is 7.74. The van der Waals surface area contributed by atoms with Crippen molar-refractivity contribution >= 4 is 34.7 Å². The van der Waals surface area contributed by atoms with Gasteiger partial charge in [-0.15, -0.1) is 0 Å². The van der Waals surface area contributed by atoms with Gasteiger partial charge in [0.2, 0.25) is 0 Å². The molecule has 0 aliphatic heterocycles. The van der Waals surface area contributed by atoms with E-state index >= 15 is 0 Å². The summed E-state index contributed by atoms with van der Waals surface area (Å²) in [7, 11) is 0. The van der Waals surface area contributed by atoms with Gasteiger partial charge in [0, 0.05) is 22.2 Å². The number of nitro benzene ring substituents is 1. The van der Waals surface area contributed by atoms with E-state index in [4.69, 9.17) is 28.9 Å². The van der Waals surface area contributed by atoms with Gasteiger partial charge < -0.3 is 5.73 Å². The van der Waals surface area contributed by atoms with Crippen LogP contribution in [0.1, 0.15) is 11.1 Å². The minimum Gasteiger partial charge on any atom is -0.383 e. The van der Waals surface area contributed by atoms with Gasteiger partial charge >= 0.3 is 0 Å². The van der Waals surface area contributed by atoms with Gasteiger partial charge in [-0.2, -0.15) is 5.26 Å². The third-order valence-electron chi connectivity index (χ3n) is 4.13. The SMILES string of the molecule is Cc1c(-c2ccc(Cl)cc2)nc(N)c(C#N)c1-c1ccc(Cl)c([N+](=O)[O-])c1. The highest BCUT2D eigenvalue weighted by Gasteiger charge is 2.21. The van der Waals surface area contributed by atoms with Gasteiger partial charge in [-0.05, 0) is 36.2 Å². The first-order valence-corrected chi connectivity index (χ1v) is 8.49. The second kappa shape index (κ2) is 7.23. The van der Waals surface area contributed by atoms with Crippen LogP contribution >= 0.6 is 23.2 Å². The van der Waals surface area contributed by atoms with Crippen LogP contribution in [0.15, 0.2) is 42.5 Å². The Morgan fingerprint density at radius 1 is 1.15 bits per heavy atom. The van der Waals surface area contributed by atoms with Gasteiger partial charge in [-0.1, -0.05) is 41.4 Å². The molecule has 27 heavy (non-hydrogen) atoms. The number of halogens is 2. The zero-order valence-electron chi connectivity index (χ0n) is 14.0. The summed E-state index contributed by atoms with van der Waals surface area (Å²) in [5.41, 5.74) is 8.86. The molecule has 2 N–H and O–H groups in total. The summed E-state index contributed by atoms with van der Waals surface area (Å²) < 4.78 is 0. The molecule has 0 saturated heterocycles. The van der Waals surface area contributed by atoms with Crippen LogP contribution in [-0.4, -0.2) is 9.91 Å². The van der Waals surface area contributed by atoms with E-state index in [1.54, 1.807) is 37.3 Å². The largest absolute Gasteiger partial charge is 0.383 e. The fourth-order valence-corrected chi connectivity index (χ4v) is 3.18. The highest BCUT2D eigenvalue weighted by atomic mass is 35.5. The van der Waals surface area contributed by atoms with E-state index in [0.29, 0.717) is 27.4 Å². The number of nitrogen functional groups attached to an aromatic ring is 1. The molecule has 1 aromatic heterocycles. The lowest BCUT2D eigenvalue weighted by Gasteiger charge is -2.15. The van der Waals surface area contributed by atoms with E-state index < -0.39 is 4.92 Å². The van der Waals surface area contributed by atoms with Crippen molar-refractivity contribution in [1.82, 2.24) is 4.98 Å². The Balaban J connectivity index is 2.32. The normalized spacial score (nSPS) is 10.4. The lowest BCUT2D eigenvalue weighted by Crippen LogP contribution is -2.03. The number of nitro groups is 1. The predicted molar refractivity (Wildman–Crippen MR) is 106 cm³/mol. The van der Waals surface area contributed by atoms with Crippen LogP contribution in [0.3, 0.4) is 0 Å². The molecule has 0 unspecified atom stereocenters. The quantitative estimate of drug-likeness (QED) is 0.469. The van der Waals surface area contributed by atoms with Crippen LogP contribution in [0.5, 0.6) is 0 Å². The average Bonchev–Trinajstić information content (AvgIpc) is 2.64. The zero-order chi connectivity index (χ0) is 19.7. The van der Waals surface area contributed by atoms with Crippen LogP contribution in [0.2, 0.25) is 10.0 Å². The number of pyridine rings is 1. The number of rotatable bonds is 3. The number of hydrogen-bond acceptors (Lipinski definition) is 5. The molecule has 0 saturated carbocycles. The minimum absolute atomic E-state index is 0.0138. The number of nitrogens with zero attached hydrogens (tertiary/aromatic N) is 3. The van der Waals surface area contributed by atoms with Gasteiger partial charge in [0.05, 0.1) is 10.6 Å². The molecule has 8 heteroatoms. The first kappa shape index (κ1) is 18.6. The summed E-state index contributed by atoms with van der Waals surface area (Å²) in [5, 5.41) is 21.4. The van der Waals surface area contributed by atoms with E-state index in [1.807, 2.05) is 6.07 Å². The molecule has 0 spiro atoms. The summed E-state index contributed by atoms with van der Waals surface area (Å²) in [6, 6.07) is 13.4. The molecule has 0 atom stereocenters. The number of nitrogens with two attached hydrogens (primary N) is 1. The fourth-order valence-electron chi connectivity index (χ4n) is 2.87. The van der Waals surface area contributed by atoms with Crippen LogP contribution in [0.25, 0.3) is 22.4 Å². The Bertz CT molecular complexity index is 1110. The Morgan fingerprint density at radius 3 is 2.37 bits per heavy atom. The molecule has 0 amide bonds. The van der Waals surface area contributed by atoms with Gasteiger partial charge in [-0.25, -0.2) is 4.98 Å². The Kier molecular flexibility index (Phi) is 5.00. The Hall–Kier alpha value is -3.14. The summed E-state index contributed by atoms with van der Waals surface area (Å²) in [6.45, 7) is 1.78. The summed E-state index contributed by atoms with van der Waals surface area (Å²) >= 11 is 11.9. The molecule has 0 bridgehead atoms. The van der Waals surface area contributed by atoms with Crippen LogP contribution in [-0.2, 0) is 0 Å². The van der Waals surface area contributed by atoms with E-state index in [2.05, 4.69) is 4.98 Å². The van der Waals surface area contributed by atoms with E-state index in [1.165, 1.54) is 12.1 Å². The Labute approximate surface area is 164 Å². The third kappa shape index (κ3) is 3.43. The van der Waals surface area contributed by atoms with Gasteiger partial charge in [0.15, 0.2) is 0 Å². The van der Waals surface area contributed by atoms with E-state index in [-0.39, 0.29) is 22.1 Å². The standard InChI is InChI=1S/C19H12Cl2N4O2/c1-10-17(12-4-7-15(21)16(8-12)25(26)27)14(9-22)19(23)24-18(10)11-2-5-13(20)6-3-11/h2-8H,1H3,(H2,23,24). The predicted octanol–water partition coefficient (Wildman–Crippen LogP) is 5.39. The number of aromatic nitrogens is 1. The van der Waals surface area contributed by atoms with Gasteiger partial charge in [0.25, 0.3) is 5.69 Å². The summed E-state index contributed by atoms with van der Waals surface area (Å²) in [6.07, 6.45) is 0. The molecule has 3 aromatic rings. The minimum atomic E-state index is -0.572. The molecule has 6 nitrogen and oxygen atoms in total. The van der Waals surface area contributed by atoms with Crippen molar-refractivity contribution in [1.29, 1.82) is 5.26 Å². The molecule has 3 rings (SSSR count). The van der Waals surface area contributed by atoms with Crippen molar-refractivity contribution in [3.8, 4) is 28.5 Å². The molecule has 0 aliphatic carbocycles. The molecule has 1 heterocycles. The van der Waals surface area contributed by atoms with Crippen LogP contribution in [0, 0.1) is 28.4 Å². The molecule has 0 aliphatic rings. The third-order valence-corrected chi connectivity index (χ3v) is 4.70. The second-order valence-corrected chi connectivity index (χ2v) is 6.61. The monoisotopic (exact) mass is 398 g/mol. The van der Waals surface area contributed by atoms with Crippen molar-refractivity contribution in [2.75, 3.05) is 5.73 Å². The molecule has 0 radical (unpaired) electrons. The van der Waals surface area contributed by atoms with E-state index in [0.717, 1.165) is 5.56 Å². The van der Waals surface area contributed by atoms with Crippen molar-refractivity contribution < 1.29 is 4.92 Å². The van der Waals surface area contributed by atoms with Gasteiger partial charge in [-0.3, -0.25) is 10.1 Å². The highest BCUT2D eigenvalue weighted by Crippen LogP contribution is 2.38. The van der Waals surface area contributed by atoms with E-state index in [9.17, 15) is 15.4 Å². The summed E-state index contributed by atoms with van der Waals surface area (Å²) in [5.74, 6) is 0.0423. The van der Waals surface area contributed by atoms with Crippen molar-refractivity contribution in [2.24, 2.45) is 0 Å². The first-order chi connectivity index (χ1) is 12.8. The van der Waals surface area contributed by atoms with Crippen LogP contribution in [0.4, 0.5) is 11.5 Å². The maximum Gasteiger partial charge on any atom is 0.288 e. The molecule has 0 fully saturated rings. The number of anilines is 1. The van der Waals surface area contributed by atoms with Crippen molar-refractivity contribution in [3.05, 3.63) is 73.8 Å². The smallest absolute Gasteiger partial charge is 0.288 e. The number of nitriles is 1. The maximum atomic E-state index is 11.2. The molecular formula is C19H12Cl2N4O2.